The van der Waals surface area contributed by atoms with E-state index in [2.05, 4.69) is 10.6 Å². The first-order valence-electron chi connectivity index (χ1n) is 4.86. The second-order valence-electron chi connectivity index (χ2n) is 3.51. The molecule has 90 valence electrons. The molecule has 16 heavy (non-hydrogen) atoms. The van der Waals surface area contributed by atoms with Gasteiger partial charge in [0.05, 0.1) is 4.99 Å². The van der Waals surface area contributed by atoms with Crippen molar-refractivity contribution in [3.8, 4) is 0 Å². The number of rotatable bonds is 5. The van der Waals surface area contributed by atoms with Crippen LogP contribution >= 0.6 is 24.0 Å². The van der Waals surface area contributed by atoms with Gasteiger partial charge in [-0.1, -0.05) is 12.2 Å². The lowest BCUT2D eigenvalue weighted by atomic mass is 10.2. The van der Waals surface area contributed by atoms with Gasteiger partial charge in [-0.15, -0.1) is 0 Å². The van der Waals surface area contributed by atoms with Gasteiger partial charge in [0.1, 0.15) is 12.1 Å². The van der Waals surface area contributed by atoms with Crippen LogP contribution in [0.2, 0.25) is 0 Å². The molecular weight excluding hydrogens is 248 g/mol. The molecule has 2 atom stereocenters. The predicted octanol–water partition coefficient (Wildman–Crippen LogP) is -0.00180. The van der Waals surface area contributed by atoms with E-state index in [9.17, 15) is 9.59 Å². The summed E-state index contributed by atoms with van der Waals surface area (Å²) in [4.78, 5) is 23.2. The molecule has 1 fully saturated rings. The SMILES string of the molecule is CSC[C@H](NC(=O)[C@@H]1CCC(=S)N1)C(=O)O. The number of carboxylic acid groups (broad SMARTS) is 1. The van der Waals surface area contributed by atoms with Gasteiger partial charge in [0, 0.05) is 12.2 Å². The lowest BCUT2D eigenvalue weighted by Gasteiger charge is -2.16. The van der Waals surface area contributed by atoms with Crippen LogP contribution in [0.5, 0.6) is 0 Å². The highest BCUT2D eigenvalue weighted by atomic mass is 32.2. The van der Waals surface area contributed by atoms with Crippen molar-refractivity contribution < 1.29 is 14.7 Å². The van der Waals surface area contributed by atoms with Gasteiger partial charge >= 0.3 is 5.97 Å². The summed E-state index contributed by atoms with van der Waals surface area (Å²) in [5, 5.41) is 14.2. The summed E-state index contributed by atoms with van der Waals surface area (Å²) in [7, 11) is 0. The molecule has 0 aromatic heterocycles. The number of thiocarbonyl (C=S) groups is 1. The number of hydrogen-bond donors (Lipinski definition) is 3. The summed E-state index contributed by atoms with van der Waals surface area (Å²) in [6, 6.07) is -1.21. The molecule has 1 saturated heterocycles. The van der Waals surface area contributed by atoms with Gasteiger partial charge in [-0.2, -0.15) is 11.8 Å². The van der Waals surface area contributed by atoms with Crippen molar-refractivity contribution >= 4 is 40.8 Å². The fraction of sp³-hybridized carbons (Fsp3) is 0.667. The van der Waals surface area contributed by atoms with Gasteiger partial charge < -0.3 is 15.7 Å². The standard InChI is InChI=1S/C9H14N2O3S2/c1-16-4-6(9(13)14)11-8(12)5-2-3-7(15)10-5/h5-6H,2-4H2,1H3,(H,10,15)(H,11,12)(H,13,14)/t5-,6-/m0/s1. The van der Waals surface area contributed by atoms with Crippen LogP contribution in [0.15, 0.2) is 0 Å². The maximum absolute atomic E-state index is 11.7. The maximum atomic E-state index is 11.7. The van der Waals surface area contributed by atoms with Crippen LogP contribution in [0.1, 0.15) is 12.8 Å². The summed E-state index contributed by atoms with van der Waals surface area (Å²) in [5.74, 6) is -0.942. The minimum Gasteiger partial charge on any atom is -0.480 e. The van der Waals surface area contributed by atoms with Crippen LogP contribution in [0.25, 0.3) is 0 Å². The Morgan fingerprint density at radius 3 is 2.88 bits per heavy atom. The fourth-order valence-corrected chi connectivity index (χ4v) is 2.24. The molecule has 0 bridgehead atoms. The Kier molecular flexibility index (Phi) is 5.01. The number of carbonyl (C=O) groups excluding carboxylic acids is 1. The molecule has 5 nitrogen and oxygen atoms in total. The molecule has 1 aliphatic rings. The monoisotopic (exact) mass is 262 g/mol. The summed E-state index contributed by atoms with van der Waals surface area (Å²) in [5.41, 5.74) is 0. The number of thioether (sulfide) groups is 1. The molecule has 0 aliphatic carbocycles. The van der Waals surface area contributed by atoms with E-state index in [-0.39, 0.29) is 11.9 Å². The van der Waals surface area contributed by atoms with Crippen molar-refractivity contribution in [2.75, 3.05) is 12.0 Å². The van der Waals surface area contributed by atoms with E-state index in [1.807, 2.05) is 0 Å². The molecule has 0 aromatic carbocycles. The van der Waals surface area contributed by atoms with Crippen molar-refractivity contribution in [3.05, 3.63) is 0 Å². The van der Waals surface area contributed by atoms with Crippen molar-refractivity contribution in [2.45, 2.75) is 24.9 Å². The Morgan fingerprint density at radius 2 is 2.44 bits per heavy atom. The highest BCUT2D eigenvalue weighted by Gasteiger charge is 2.28. The third-order valence-corrected chi connectivity index (χ3v) is 3.25. The zero-order chi connectivity index (χ0) is 12.1. The lowest BCUT2D eigenvalue weighted by molar-refractivity contribution is -0.141. The van der Waals surface area contributed by atoms with Crippen LogP contribution in [0.3, 0.4) is 0 Å². The van der Waals surface area contributed by atoms with Gasteiger partial charge in [-0.05, 0) is 12.7 Å². The first kappa shape index (κ1) is 13.2. The topological polar surface area (TPSA) is 78.4 Å². The third kappa shape index (κ3) is 3.64. The van der Waals surface area contributed by atoms with E-state index in [0.717, 1.165) is 0 Å². The second-order valence-corrected chi connectivity index (χ2v) is 4.92. The number of hydrogen-bond acceptors (Lipinski definition) is 4. The Hall–Kier alpha value is -0.820. The molecule has 0 radical (unpaired) electrons. The van der Waals surface area contributed by atoms with Crippen LogP contribution < -0.4 is 10.6 Å². The largest absolute Gasteiger partial charge is 0.480 e. The van der Waals surface area contributed by atoms with Gasteiger partial charge in [-0.25, -0.2) is 4.79 Å². The zero-order valence-electron chi connectivity index (χ0n) is 8.86. The van der Waals surface area contributed by atoms with E-state index >= 15 is 0 Å². The average Bonchev–Trinajstić information content (AvgIpc) is 2.64. The molecule has 0 aromatic rings. The van der Waals surface area contributed by atoms with Gasteiger partial charge in [-0.3, -0.25) is 4.79 Å². The normalized spacial score (nSPS) is 21.3. The summed E-state index contributed by atoms with van der Waals surface area (Å²) in [6.07, 6.45) is 3.12. The van der Waals surface area contributed by atoms with Gasteiger partial charge in [0.2, 0.25) is 5.91 Å². The highest BCUT2D eigenvalue weighted by molar-refractivity contribution is 7.98. The molecule has 0 spiro atoms. The van der Waals surface area contributed by atoms with Crippen LogP contribution in [-0.2, 0) is 9.59 Å². The first-order chi connectivity index (χ1) is 7.54. The van der Waals surface area contributed by atoms with Crippen molar-refractivity contribution in [1.82, 2.24) is 10.6 Å². The molecule has 1 heterocycles. The summed E-state index contributed by atoms with van der Waals surface area (Å²) < 4.78 is 0. The molecule has 0 saturated carbocycles. The van der Waals surface area contributed by atoms with E-state index in [4.69, 9.17) is 17.3 Å². The van der Waals surface area contributed by atoms with Crippen molar-refractivity contribution in [1.29, 1.82) is 0 Å². The van der Waals surface area contributed by atoms with E-state index in [0.29, 0.717) is 23.6 Å². The van der Waals surface area contributed by atoms with Crippen molar-refractivity contribution in [3.63, 3.8) is 0 Å². The van der Waals surface area contributed by atoms with E-state index < -0.39 is 12.0 Å². The number of nitrogens with one attached hydrogen (secondary N) is 2. The van der Waals surface area contributed by atoms with Crippen LogP contribution in [0.4, 0.5) is 0 Å². The number of aliphatic carboxylic acids is 1. The maximum Gasteiger partial charge on any atom is 0.327 e. The molecule has 7 heteroatoms. The second kappa shape index (κ2) is 6.05. The molecular formula is C9H14N2O3S2. The molecule has 1 rings (SSSR count). The Morgan fingerprint density at radius 1 is 1.75 bits per heavy atom. The molecule has 1 amide bonds. The zero-order valence-corrected chi connectivity index (χ0v) is 10.5. The Bertz CT molecular complexity index is 309. The lowest BCUT2D eigenvalue weighted by Crippen LogP contribution is -2.49. The minimum atomic E-state index is -1.01. The van der Waals surface area contributed by atoms with Crippen molar-refractivity contribution in [2.24, 2.45) is 0 Å². The predicted molar refractivity (Wildman–Crippen MR) is 66.7 cm³/mol. The number of carboxylic acids is 1. The summed E-state index contributed by atoms with van der Waals surface area (Å²) >= 11 is 6.30. The fourth-order valence-electron chi connectivity index (χ4n) is 1.42. The van der Waals surface area contributed by atoms with E-state index in [1.165, 1.54) is 11.8 Å². The first-order valence-corrected chi connectivity index (χ1v) is 6.66. The smallest absolute Gasteiger partial charge is 0.327 e. The molecule has 3 N–H and O–H groups in total. The number of carbonyl (C=O) groups is 2. The molecule has 0 unspecified atom stereocenters. The third-order valence-electron chi connectivity index (χ3n) is 2.26. The van der Waals surface area contributed by atoms with Crippen LogP contribution in [-0.4, -0.2) is 46.1 Å². The van der Waals surface area contributed by atoms with Crippen LogP contribution in [0, 0.1) is 0 Å². The number of amides is 1. The van der Waals surface area contributed by atoms with E-state index in [1.54, 1.807) is 6.26 Å². The van der Waals surface area contributed by atoms with Gasteiger partial charge in [0.25, 0.3) is 0 Å². The Labute approximate surface area is 103 Å². The Balaban J connectivity index is 2.48. The highest BCUT2D eigenvalue weighted by Crippen LogP contribution is 2.08. The quantitative estimate of drug-likeness (QED) is 0.605. The van der Waals surface area contributed by atoms with Gasteiger partial charge in [0.15, 0.2) is 0 Å². The summed E-state index contributed by atoms with van der Waals surface area (Å²) in [6.45, 7) is 0. The minimum absolute atomic E-state index is 0.290. The molecule has 1 aliphatic heterocycles. The average molecular weight is 262 g/mol.